The van der Waals surface area contributed by atoms with Crippen molar-refractivity contribution < 1.29 is 4.74 Å². The van der Waals surface area contributed by atoms with Gasteiger partial charge in [-0.25, -0.2) is 4.98 Å². The maximum Gasteiger partial charge on any atom is 0.251 e. The highest BCUT2D eigenvalue weighted by Crippen LogP contribution is 2.19. The molecule has 0 bridgehead atoms. The summed E-state index contributed by atoms with van der Waals surface area (Å²) in [6.45, 7) is 8.54. The molecule has 1 aliphatic rings. The molecule has 5 nitrogen and oxygen atoms in total. The number of nitrogens with one attached hydrogen (secondary N) is 1. The molecule has 1 saturated heterocycles. The zero-order chi connectivity index (χ0) is 12.4. The first-order valence-electron chi connectivity index (χ1n) is 6.00. The fourth-order valence-electron chi connectivity index (χ4n) is 2.06. The second kappa shape index (κ2) is 4.98. The molecule has 2 rings (SSSR count). The highest BCUT2D eigenvalue weighted by molar-refractivity contribution is 5.03. The molecule has 1 aromatic heterocycles. The van der Waals surface area contributed by atoms with Crippen LogP contribution in [0.4, 0.5) is 0 Å². The van der Waals surface area contributed by atoms with E-state index >= 15 is 0 Å². The minimum Gasteiger partial charge on any atom is -0.368 e. The maximum absolute atomic E-state index is 11.4. The van der Waals surface area contributed by atoms with Gasteiger partial charge in [0.1, 0.15) is 11.9 Å². The second-order valence-electron chi connectivity index (χ2n) is 4.72. The molecular formula is C12H19N3O2. The van der Waals surface area contributed by atoms with Crippen molar-refractivity contribution in [3.8, 4) is 0 Å². The van der Waals surface area contributed by atoms with Crippen LogP contribution in [0.5, 0.6) is 0 Å². The summed E-state index contributed by atoms with van der Waals surface area (Å²) in [6, 6.07) is 1.98. The van der Waals surface area contributed by atoms with Crippen molar-refractivity contribution in [2.24, 2.45) is 0 Å². The Balaban J connectivity index is 2.18. The predicted octanol–water partition coefficient (Wildman–Crippen LogP) is 0.860. The van der Waals surface area contributed by atoms with Gasteiger partial charge >= 0.3 is 0 Å². The highest BCUT2D eigenvalue weighted by Gasteiger charge is 2.25. The van der Waals surface area contributed by atoms with Crippen LogP contribution in [-0.2, 0) is 4.74 Å². The van der Waals surface area contributed by atoms with E-state index in [2.05, 4.69) is 28.7 Å². The molecule has 1 aromatic rings. The molecule has 1 fully saturated rings. The van der Waals surface area contributed by atoms with E-state index in [9.17, 15) is 4.79 Å². The second-order valence-corrected chi connectivity index (χ2v) is 4.72. The van der Waals surface area contributed by atoms with Crippen molar-refractivity contribution in [2.45, 2.75) is 32.9 Å². The van der Waals surface area contributed by atoms with Gasteiger partial charge in [-0.2, -0.15) is 0 Å². The summed E-state index contributed by atoms with van der Waals surface area (Å²) >= 11 is 0. The van der Waals surface area contributed by atoms with Crippen molar-refractivity contribution >= 4 is 0 Å². The van der Waals surface area contributed by atoms with Crippen LogP contribution < -0.4 is 5.56 Å². The van der Waals surface area contributed by atoms with E-state index in [1.165, 1.54) is 6.07 Å². The lowest BCUT2D eigenvalue weighted by molar-refractivity contribution is -0.0444. The number of aryl methyl sites for hydroxylation is 1. The Labute approximate surface area is 101 Å². The van der Waals surface area contributed by atoms with Gasteiger partial charge < -0.3 is 9.72 Å². The van der Waals surface area contributed by atoms with Crippen LogP contribution in [0.25, 0.3) is 0 Å². The Hall–Kier alpha value is -1.20. The lowest BCUT2D eigenvalue weighted by Gasteiger charge is -2.34. The van der Waals surface area contributed by atoms with Gasteiger partial charge in [0.05, 0.1) is 6.61 Å². The zero-order valence-electron chi connectivity index (χ0n) is 10.6. The summed E-state index contributed by atoms with van der Waals surface area (Å²) in [4.78, 5) is 20.8. The van der Waals surface area contributed by atoms with Crippen LogP contribution in [0.3, 0.4) is 0 Å². The Morgan fingerprint density at radius 2 is 2.35 bits per heavy atom. The average Bonchev–Trinajstić information content (AvgIpc) is 2.28. The van der Waals surface area contributed by atoms with Gasteiger partial charge in [0.2, 0.25) is 0 Å². The van der Waals surface area contributed by atoms with Crippen molar-refractivity contribution in [3.05, 3.63) is 27.9 Å². The van der Waals surface area contributed by atoms with Gasteiger partial charge in [-0.15, -0.1) is 0 Å². The van der Waals surface area contributed by atoms with Crippen molar-refractivity contribution in [1.29, 1.82) is 0 Å². The molecule has 0 saturated carbocycles. The molecule has 0 unspecified atom stereocenters. The van der Waals surface area contributed by atoms with E-state index in [0.29, 0.717) is 18.5 Å². The summed E-state index contributed by atoms with van der Waals surface area (Å²) in [6.07, 6.45) is -0.126. The summed E-state index contributed by atoms with van der Waals surface area (Å²) in [5.74, 6) is 0.639. The minimum absolute atomic E-state index is 0.113. The third-order valence-electron chi connectivity index (χ3n) is 3.02. The van der Waals surface area contributed by atoms with Gasteiger partial charge in [0.25, 0.3) is 5.56 Å². The predicted molar refractivity (Wildman–Crippen MR) is 65.0 cm³/mol. The molecule has 1 N–H and O–H groups in total. The number of H-pyrrole nitrogens is 1. The number of aromatic amines is 1. The zero-order valence-corrected chi connectivity index (χ0v) is 10.6. The molecule has 1 aliphatic heterocycles. The van der Waals surface area contributed by atoms with Crippen LogP contribution in [0.15, 0.2) is 10.9 Å². The highest BCUT2D eigenvalue weighted by atomic mass is 16.5. The first-order valence-corrected chi connectivity index (χ1v) is 6.00. The van der Waals surface area contributed by atoms with Gasteiger partial charge in [-0.3, -0.25) is 9.69 Å². The van der Waals surface area contributed by atoms with Crippen LogP contribution >= 0.6 is 0 Å². The normalized spacial score (nSPS) is 22.0. The fraction of sp³-hybridized carbons (Fsp3) is 0.667. The van der Waals surface area contributed by atoms with Crippen LogP contribution in [-0.4, -0.2) is 40.6 Å². The van der Waals surface area contributed by atoms with Gasteiger partial charge in [-0.1, -0.05) is 0 Å². The van der Waals surface area contributed by atoms with E-state index < -0.39 is 0 Å². The largest absolute Gasteiger partial charge is 0.368 e. The summed E-state index contributed by atoms with van der Waals surface area (Å²) in [7, 11) is 0. The molecule has 2 heterocycles. The average molecular weight is 237 g/mol. The number of hydrogen-bond acceptors (Lipinski definition) is 4. The van der Waals surface area contributed by atoms with Gasteiger partial charge in [0.15, 0.2) is 0 Å². The molecule has 0 radical (unpaired) electrons. The molecule has 0 amide bonds. The van der Waals surface area contributed by atoms with E-state index in [4.69, 9.17) is 4.74 Å². The van der Waals surface area contributed by atoms with E-state index in [-0.39, 0.29) is 11.7 Å². The van der Waals surface area contributed by atoms with Crippen molar-refractivity contribution in [2.75, 3.05) is 19.7 Å². The Morgan fingerprint density at radius 1 is 1.59 bits per heavy atom. The Bertz CT molecular complexity index is 442. The smallest absolute Gasteiger partial charge is 0.251 e. The monoisotopic (exact) mass is 237 g/mol. The number of hydrogen-bond donors (Lipinski definition) is 1. The lowest BCUT2D eigenvalue weighted by atomic mass is 10.2. The molecule has 0 spiro atoms. The molecule has 17 heavy (non-hydrogen) atoms. The SMILES string of the molecule is Cc1cc(=O)[nH]c([C@@H]2CN(C(C)C)CCO2)n1. The standard InChI is InChI=1S/C12H19N3O2/c1-8(2)15-4-5-17-10(7-15)12-13-9(3)6-11(16)14-12/h6,8,10H,4-5,7H2,1-3H3,(H,13,14,16)/t10-/m0/s1. The number of aromatic nitrogens is 2. The Morgan fingerprint density at radius 3 is 3.00 bits per heavy atom. The molecule has 0 aliphatic carbocycles. The summed E-state index contributed by atoms with van der Waals surface area (Å²) < 4.78 is 5.68. The third-order valence-corrected chi connectivity index (χ3v) is 3.02. The van der Waals surface area contributed by atoms with Crippen molar-refractivity contribution in [3.63, 3.8) is 0 Å². The number of morpholine rings is 1. The molecule has 1 atom stereocenters. The van der Waals surface area contributed by atoms with Crippen LogP contribution in [0.1, 0.15) is 31.5 Å². The molecular weight excluding hydrogens is 218 g/mol. The molecule has 94 valence electrons. The quantitative estimate of drug-likeness (QED) is 0.829. The van der Waals surface area contributed by atoms with E-state index in [1.54, 1.807) is 0 Å². The van der Waals surface area contributed by atoms with Crippen molar-refractivity contribution in [1.82, 2.24) is 14.9 Å². The number of nitrogens with zero attached hydrogens (tertiary/aromatic N) is 2. The third kappa shape index (κ3) is 2.92. The molecule has 5 heteroatoms. The molecule has 0 aromatic carbocycles. The topological polar surface area (TPSA) is 58.2 Å². The Kier molecular flexibility index (Phi) is 3.59. The number of ether oxygens (including phenoxy) is 1. The van der Waals surface area contributed by atoms with Gasteiger partial charge in [-0.05, 0) is 20.8 Å². The fourth-order valence-corrected chi connectivity index (χ4v) is 2.06. The first kappa shape index (κ1) is 12.3. The maximum atomic E-state index is 11.4. The summed E-state index contributed by atoms with van der Waals surface area (Å²) in [5, 5.41) is 0. The lowest BCUT2D eigenvalue weighted by Crippen LogP contribution is -2.43. The van der Waals surface area contributed by atoms with E-state index in [0.717, 1.165) is 18.8 Å². The van der Waals surface area contributed by atoms with Crippen LogP contribution in [0, 0.1) is 6.92 Å². The summed E-state index contributed by atoms with van der Waals surface area (Å²) in [5.41, 5.74) is 0.617. The van der Waals surface area contributed by atoms with E-state index in [1.807, 2.05) is 6.92 Å². The number of rotatable bonds is 2. The van der Waals surface area contributed by atoms with Gasteiger partial charge in [0, 0.05) is 30.9 Å². The minimum atomic E-state index is -0.126. The first-order chi connectivity index (χ1) is 8.06. The van der Waals surface area contributed by atoms with Crippen LogP contribution in [0.2, 0.25) is 0 Å².